The molecule has 0 radical (unpaired) electrons. The fraction of sp³-hybridized carbons (Fsp3) is 0.130. The van der Waals surface area contributed by atoms with Gasteiger partial charge < -0.3 is 14.2 Å². The number of ether oxygens (including phenoxy) is 3. The lowest BCUT2D eigenvalue weighted by Gasteiger charge is -2.08. The molecule has 0 saturated carbocycles. The number of carbonyl (C=O) groups is 1. The first-order valence-electron chi connectivity index (χ1n) is 9.35. The monoisotopic (exact) mass is 426 g/mol. The molecule has 0 unspecified atom stereocenters. The Bertz CT molecular complexity index is 996. The Morgan fingerprint density at radius 3 is 2.26 bits per heavy atom. The highest BCUT2D eigenvalue weighted by Gasteiger charge is 2.08. The molecule has 3 rings (SSSR count). The molecule has 0 spiro atoms. The lowest BCUT2D eigenvalue weighted by atomic mass is 10.2. The van der Waals surface area contributed by atoms with Crippen LogP contribution >= 0.6 is 0 Å². The van der Waals surface area contributed by atoms with Gasteiger partial charge in [0, 0.05) is 5.56 Å². The molecular formula is C23H20F2N2O4. The summed E-state index contributed by atoms with van der Waals surface area (Å²) >= 11 is 0. The smallest absolute Gasteiger partial charge is 0.387 e. The van der Waals surface area contributed by atoms with Crippen molar-refractivity contribution in [3.8, 4) is 17.2 Å². The van der Waals surface area contributed by atoms with Gasteiger partial charge in [-0.15, -0.1) is 0 Å². The van der Waals surface area contributed by atoms with Gasteiger partial charge in [0.15, 0.2) is 6.61 Å². The maximum Gasteiger partial charge on any atom is 0.387 e. The number of amides is 1. The Hall–Kier alpha value is -3.94. The minimum absolute atomic E-state index is 0.0404. The number of hydrogen-bond donors (Lipinski definition) is 1. The van der Waals surface area contributed by atoms with E-state index in [9.17, 15) is 13.6 Å². The number of alkyl halides is 2. The molecule has 1 amide bonds. The topological polar surface area (TPSA) is 69.2 Å². The predicted octanol–water partition coefficient (Wildman–Crippen LogP) is 4.40. The van der Waals surface area contributed by atoms with Gasteiger partial charge in [-0.3, -0.25) is 4.79 Å². The molecule has 160 valence electrons. The standard InChI is InChI=1S/C23H20F2N2O4/c24-23(25)31-21-9-5-4-8-18(21)14-26-27-22(28)16-30-20-12-10-19(11-13-20)29-15-17-6-2-1-3-7-17/h1-14,23H,15-16H2,(H,27,28)/b26-14+. The third kappa shape index (κ3) is 7.43. The average molecular weight is 426 g/mol. The van der Waals surface area contributed by atoms with Crippen LogP contribution in [0.15, 0.2) is 84.0 Å². The van der Waals surface area contributed by atoms with E-state index in [2.05, 4.69) is 15.3 Å². The molecule has 0 aliphatic carbocycles. The Morgan fingerprint density at radius 2 is 1.55 bits per heavy atom. The van der Waals surface area contributed by atoms with Crippen molar-refractivity contribution >= 4 is 12.1 Å². The third-order valence-corrected chi connectivity index (χ3v) is 3.97. The van der Waals surface area contributed by atoms with Crippen LogP contribution in [-0.2, 0) is 11.4 Å². The Labute approximate surface area is 178 Å². The van der Waals surface area contributed by atoms with E-state index in [1.54, 1.807) is 36.4 Å². The molecular weight excluding hydrogens is 406 g/mol. The number of para-hydroxylation sites is 1. The third-order valence-electron chi connectivity index (χ3n) is 3.97. The molecule has 0 aliphatic rings. The van der Waals surface area contributed by atoms with E-state index in [4.69, 9.17) is 9.47 Å². The largest absolute Gasteiger partial charge is 0.489 e. The summed E-state index contributed by atoms with van der Waals surface area (Å²) in [6.07, 6.45) is 1.22. The first-order valence-corrected chi connectivity index (χ1v) is 9.35. The first-order chi connectivity index (χ1) is 15.1. The maximum atomic E-state index is 12.4. The average Bonchev–Trinajstić information content (AvgIpc) is 2.78. The van der Waals surface area contributed by atoms with Gasteiger partial charge in [0.2, 0.25) is 0 Å². The van der Waals surface area contributed by atoms with Gasteiger partial charge >= 0.3 is 6.61 Å². The minimum atomic E-state index is -2.95. The molecule has 6 nitrogen and oxygen atoms in total. The normalized spacial score (nSPS) is 10.8. The van der Waals surface area contributed by atoms with Crippen LogP contribution in [0.3, 0.4) is 0 Å². The molecule has 0 atom stereocenters. The molecule has 1 N–H and O–H groups in total. The summed E-state index contributed by atoms with van der Waals surface area (Å²) in [7, 11) is 0. The van der Waals surface area contributed by atoms with Crippen molar-refractivity contribution in [1.29, 1.82) is 0 Å². The van der Waals surface area contributed by atoms with Crippen molar-refractivity contribution in [2.24, 2.45) is 5.10 Å². The van der Waals surface area contributed by atoms with Crippen molar-refractivity contribution in [3.05, 3.63) is 90.0 Å². The highest BCUT2D eigenvalue weighted by molar-refractivity contribution is 5.85. The summed E-state index contributed by atoms with van der Waals surface area (Å²) < 4.78 is 40.3. The fourth-order valence-electron chi connectivity index (χ4n) is 2.52. The quantitative estimate of drug-likeness (QED) is 0.386. The van der Waals surface area contributed by atoms with Crippen LogP contribution < -0.4 is 19.6 Å². The van der Waals surface area contributed by atoms with Crippen molar-refractivity contribution < 1.29 is 27.8 Å². The summed E-state index contributed by atoms with van der Waals surface area (Å²) in [6, 6.07) is 22.8. The molecule has 0 bridgehead atoms. The summed E-state index contributed by atoms with van der Waals surface area (Å²) in [5.74, 6) is 0.617. The number of carbonyl (C=O) groups excluding carboxylic acids is 1. The molecule has 0 saturated heterocycles. The zero-order valence-corrected chi connectivity index (χ0v) is 16.4. The molecule has 0 heterocycles. The van der Waals surface area contributed by atoms with Gasteiger partial charge in [0.25, 0.3) is 5.91 Å². The molecule has 3 aromatic rings. The van der Waals surface area contributed by atoms with E-state index in [0.29, 0.717) is 23.7 Å². The Morgan fingerprint density at radius 1 is 0.903 bits per heavy atom. The predicted molar refractivity (Wildman–Crippen MR) is 112 cm³/mol. The van der Waals surface area contributed by atoms with Crippen LogP contribution in [0.5, 0.6) is 17.2 Å². The maximum absolute atomic E-state index is 12.4. The first kappa shape index (κ1) is 21.8. The van der Waals surface area contributed by atoms with Crippen molar-refractivity contribution in [1.82, 2.24) is 5.43 Å². The second kappa shape index (κ2) is 11.3. The highest BCUT2D eigenvalue weighted by atomic mass is 19.3. The SMILES string of the molecule is O=C(COc1ccc(OCc2ccccc2)cc1)N/N=C/c1ccccc1OC(F)F. The molecule has 0 fully saturated rings. The van der Waals surface area contributed by atoms with Crippen molar-refractivity contribution in [2.45, 2.75) is 13.2 Å². The number of halogens is 2. The number of rotatable bonds is 10. The van der Waals surface area contributed by atoms with E-state index in [1.807, 2.05) is 30.3 Å². The molecule has 0 aliphatic heterocycles. The van der Waals surface area contributed by atoms with Crippen LogP contribution in [0.4, 0.5) is 8.78 Å². The van der Waals surface area contributed by atoms with Gasteiger partial charge in [0.1, 0.15) is 23.9 Å². The molecule has 31 heavy (non-hydrogen) atoms. The number of nitrogens with zero attached hydrogens (tertiary/aromatic N) is 1. The highest BCUT2D eigenvalue weighted by Crippen LogP contribution is 2.19. The van der Waals surface area contributed by atoms with Crippen LogP contribution in [0.25, 0.3) is 0 Å². The van der Waals surface area contributed by atoms with Gasteiger partial charge in [-0.25, -0.2) is 5.43 Å². The van der Waals surface area contributed by atoms with E-state index in [0.717, 1.165) is 5.56 Å². The van der Waals surface area contributed by atoms with E-state index < -0.39 is 12.5 Å². The zero-order chi connectivity index (χ0) is 21.9. The Kier molecular flexibility index (Phi) is 7.93. The van der Waals surface area contributed by atoms with Crippen molar-refractivity contribution in [2.75, 3.05) is 6.61 Å². The van der Waals surface area contributed by atoms with Crippen LogP contribution in [0, 0.1) is 0 Å². The van der Waals surface area contributed by atoms with Crippen LogP contribution in [-0.4, -0.2) is 25.3 Å². The summed E-state index contributed by atoms with van der Waals surface area (Å²) in [6.45, 7) is -2.77. The van der Waals surface area contributed by atoms with Gasteiger partial charge in [-0.05, 0) is 42.0 Å². The molecule has 8 heteroatoms. The van der Waals surface area contributed by atoms with Gasteiger partial charge in [0.05, 0.1) is 6.21 Å². The summed E-state index contributed by atoms with van der Waals surface area (Å²) in [4.78, 5) is 11.9. The van der Waals surface area contributed by atoms with E-state index in [-0.39, 0.29) is 12.4 Å². The van der Waals surface area contributed by atoms with Crippen LogP contribution in [0.1, 0.15) is 11.1 Å². The fourth-order valence-corrected chi connectivity index (χ4v) is 2.52. The summed E-state index contributed by atoms with van der Waals surface area (Å²) in [5, 5.41) is 3.74. The number of hydrogen-bond acceptors (Lipinski definition) is 5. The van der Waals surface area contributed by atoms with Crippen LogP contribution in [0.2, 0.25) is 0 Å². The van der Waals surface area contributed by atoms with E-state index >= 15 is 0 Å². The zero-order valence-electron chi connectivity index (χ0n) is 16.4. The Balaban J connectivity index is 1.43. The van der Waals surface area contributed by atoms with Gasteiger partial charge in [-0.2, -0.15) is 13.9 Å². The lowest BCUT2D eigenvalue weighted by molar-refractivity contribution is -0.123. The minimum Gasteiger partial charge on any atom is -0.489 e. The lowest BCUT2D eigenvalue weighted by Crippen LogP contribution is -2.24. The van der Waals surface area contributed by atoms with Gasteiger partial charge in [-0.1, -0.05) is 42.5 Å². The number of hydrazone groups is 1. The second-order valence-electron chi connectivity index (χ2n) is 6.24. The number of benzene rings is 3. The molecule has 3 aromatic carbocycles. The van der Waals surface area contributed by atoms with E-state index in [1.165, 1.54) is 18.3 Å². The van der Waals surface area contributed by atoms with Crippen molar-refractivity contribution in [3.63, 3.8) is 0 Å². The second-order valence-corrected chi connectivity index (χ2v) is 6.24. The molecule has 0 aromatic heterocycles. The summed E-state index contributed by atoms with van der Waals surface area (Å²) in [5.41, 5.74) is 3.63. The number of nitrogens with one attached hydrogen (secondary N) is 1.